The first-order valence-corrected chi connectivity index (χ1v) is 8.24. The number of methoxy groups -OCH3 is 1. The molecule has 1 aromatic rings. The van der Waals surface area contributed by atoms with Crippen molar-refractivity contribution in [3.8, 4) is 0 Å². The lowest BCUT2D eigenvalue weighted by molar-refractivity contribution is 0.0276. The second kappa shape index (κ2) is 7.31. The molecule has 0 unspecified atom stereocenters. The van der Waals surface area contributed by atoms with E-state index in [1.807, 2.05) is 6.92 Å². The molecule has 0 saturated carbocycles. The Labute approximate surface area is 125 Å². The zero-order valence-electron chi connectivity index (χ0n) is 12.9. The van der Waals surface area contributed by atoms with Gasteiger partial charge in [-0.05, 0) is 38.6 Å². The van der Waals surface area contributed by atoms with E-state index < -0.39 is 21.4 Å². The lowest BCUT2D eigenvalue weighted by Gasteiger charge is -2.23. The van der Waals surface area contributed by atoms with Gasteiger partial charge in [-0.3, -0.25) is 0 Å². The Bertz CT molecular complexity index is 574. The summed E-state index contributed by atoms with van der Waals surface area (Å²) >= 11 is 0. The first-order valence-electron chi connectivity index (χ1n) is 6.76. The van der Waals surface area contributed by atoms with Gasteiger partial charge in [-0.25, -0.2) is 17.5 Å². The first kappa shape index (κ1) is 18.0. The minimum atomic E-state index is -3.69. The van der Waals surface area contributed by atoms with E-state index >= 15 is 0 Å². The molecule has 0 fully saturated rings. The predicted octanol–water partition coefficient (Wildman–Crippen LogP) is 1.64. The molecule has 0 aliphatic rings. The van der Waals surface area contributed by atoms with Crippen molar-refractivity contribution in [2.75, 3.05) is 20.2 Å². The number of benzene rings is 1. The molecule has 1 aromatic carbocycles. The van der Waals surface area contributed by atoms with Crippen molar-refractivity contribution in [1.29, 1.82) is 0 Å². The van der Waals surface area contributed by atoms with Gasteiger partial charge in [0, 0.05) is 25.8 Å². The third-order valence-corrected chi connectivity index (χ3v) is 4.53. The van der Waals surface area contributed by atoms with Gasteiger partial charge in [0.05, 0.1) is 10.5 Å². The van der Waals surface area contributed by atoms with Gasteiger partial charge in [0.15, 0.2) is 0 Å². The van der Waals surface area contributed by atoms with Crippen molar-refractivity contribution < 1.29 is 17.5 Å². The number of hydrogen-bond donors (Lipinski definition) is 2. The zero-order chi connectivity index (χ0) is 16.1. The van der Waals surface area contributed by atoms with Gasteiger partial charge in [-0.2, -0.15) is 0 Å². The van der Waals surface area contributed by atoms with Gasteiger partial charge < -0.3 is 10.1 Å². The smallest absolute Gasteiger partial charge is 0.240 e. The van der Waals surface area contributed by atoms with Crippen LogP contribution in [0.3, 0.4) is 0 Å². The number of halogens is 1. The molecule has 0 aliphatic carbocycles. The highest BCUT2D eigenvalue weighted by atomic mass is 32.2. The summed E-state index contributed by atoms with van der Waals surface area (Å²) in [6, 6.07) is 3.77. The molecule has 2 N–H and O–H groups in total. The molecule has 21 heavy (non-hydrogen) atoms. The Balaban J connectivity index is 2.93. The maximum atomic E-state index is 13.6. The van der Waals surface area contributed by atoms with Crippen molar-refractivity contribution in [1.82, 2.24) is 10.0 Å². The molecular formula is C14H23FN2O3S. The summed E-state index contributed by atoms with van der Waals surface area (Å²) in [5.74, 6) is -0.424. The van der Waals surface area contributed by atoms with Gasteiger partial charge in [0.2, 0.25) is 10.0 Å². The second-order valence-corrected chi connectivity index (χ2v) is 7.09. The van der Waals surface area contributed by atoms with Crippen LogP contribution in [0.1, 0.15) is 26.3 Å². The second-order valence-electron chi connectivity index (χ2n) is 5.32. The summed E-state index contributed by atoms with van der Waals surface area (Å²) in [4.78, 5) is 0.0451. The average molecular weight is 318 g/mol. The van der Waals surface area contributed by atoms with E-state index in [0.29, 0.717) is 12.1 Å². The minimum Gasteiger partial charge on any atom is -0.377 e. The predicted molar refractivity (Wildman–Crippen MR) is 80.1 cm³/mol. The van der Waals surface area contributed by atoms with Crippen LogP contribution in [0, 0.1) is 5.82 Å². The molecule has 0 amide bonds. The Morgan fingerprint density at radius 2 is 2.00 bits per heavy atom. The van der Waals surface area contributed by atoms with Crippen molar-refractivity contribution in [3.63, 3.8) is 0 Å². The van der Waals surface area contributed by atoms with Gasteiger partial charge in [0.1, 0.15) is 5.82 Å². The standard InChI is InChI=1S/C14H23FN2O3S/c1-5-16-9-11-8-12(6-7-13(11)15)21(18,19)17-10-14(2,3)20-4/h6-8,16-17H,5,9-10H2,1-4H3. The van der Waals surface area contributed by atoms with E-state index in [2.05, 4.69) is 10.0 Å². The molecule has 0 radical (unpaired) electrons. The number of ether oxygens (including phenoxy) is 1. The van der Waals surface area contributed by atoms with Crippen LogP contribution in [0.25, 0.3) is 0 Å². The molecular weight excluding hydrogens is 295 g/mol. The van der Waals surface area contributed by atoms with Crippen LogP contribution in [0.2, 0.25) is 0 Å². The van der Waals surface area contributed by atoms with E-state index in [1.165, 1.54) is 25.3 Å². The Kier molecular flexibility index (Phi) is 6.27. The molecule has 0 aliphatic heterocycles. The quantitative estimate of drug-likeness (QED) is 0.765. The maximum Gasteiger partial charge on any atom is 0.240 e. The number of sulfonamides is 1. The van der Waals surface area contributed by atoms with Crippen LogP contribution in [-0.4, -0.2) is 34.2 Å². The zero-order valence-corrected chi connectivity index (χ0v) is 13.7. The van der Waals surface area contributed by atoms with E-state index in [-0.39, 0.29) is 18.0 Å². The molecule has 1 rings (SSSR count). The first-order chi connectivity index (χ1) is 9.72. The highest BCUT2D eigenvalue weighted by Crippen LogP contribution is 2.16. The van der Waals surface area contributed by atoms with Crippen LogP contribution in [0.4, 0.5) is 4.39 Å². The van der Waals surface area contributed by atoms with Gasteiger partial charge in [-0.15, -0.1) is 0 Å². The third kappa shape index (κ3) is 5.35. The van der Waals surface area contributed by atoms with Crippen LogP contribution in [0.15, 0.2) is 23.1 Å². The number of hydrogen-bond acceptors (Lipinski definition) is 4. The minimum absolute atomic E-state index is 0.0451. The summed E-state index contributed by atoms with van der Waals surface area (Å²) in [5, 5.41) is 2.97. The SMILES string of the molecule is CCNCc1cc(S(=O)(=O)NCC(C)(C)OC)ccc1F. The third-order valence-electron chi connectivity index (χ3n) is 3.13. The summed E-state index contributed by atoms with van der Waals surface area (Å²) in [6.07, 6.45) is 0. The van der Waals surface area contributed by atoms with Gasteiger partial charge in [-0.1, -0.05) is 6.92 Å². The van der Waals surface area contributed by atoms with E-state index in [4.69, 9.17) is 4.74 Å². The molecule has 0 heterocycles. The number of nitrogens with one attached hydrogen (secondary N) is 2. The molecule has 0 aromatic heterocycles. The van der Waals surface area contributed by atoms with Crippen LogP contribution in [0.5, 0.6) is 0 Å². The molecule has 7 heteroatoms. The van der Waals surface area contributed by atoms with Crippen LogP contribution >= 0.6 is 0 Å². The van der Waals surface area contributed by atoms with Crippen molar-refractivity contribution >= 4 is 10.0 Å². The molecule has 0 spiro atoms. The molecule has 120 valence electrons. The fourth-order valence-electron chi connectivity index (χ4n) is 1.54. The molecule has 0 atom stereocenters. The summed E-state index contributed by atoms with van der Waals surface area (Å²) in [7, 11) is -2.18. The monoisotopic (exact) mass is 318 g/mol. The Morgan fingerprint density at radius 1 is 1.33 bits per heavy atom. The molecule has 0 bridgehead atoms. The van der Waals surface area contributed by atoms with Crippen molar-refractivity contribution in [2.24, 2.45) is 0 Å². The molecule has 5 nitrogen and oxygen atoms in total. The fourth-order valence-corrected chi connectivity index (χ4v) is 2.79. The normalized spacial score (nSPS) is 12.6. The van der Waals surface area contributed by atoms with Crippen molar-refractivity contribution in [2.45, 2.75) is 37.8 Å². The lowest BCUT2D eigenvalue weighted by Crippen LogP contribution is -2.39. The Morgan fingerprint density at radius 3 is 2.57 bits per heavy atom. The Hall–Kier alpha value is -1.02. The average Bonchev–Trinajstić information content (AvgIpc) is 2.44. The maximum absolute atomic E-state index is 13.6. The topological polar surface area (TPSA) is 67.4 Å². The highest BCUT2D eigenvalue weighted by Gasteiger charge is 2.22. The van der Waals surface area contributed by atoms with Crippen LogP contribution < -0.4 is 10.0 Å². The lowest BCUT2D eigenvalue weighted by atomic mass is 10.1. The summed E-state index contributed by atoms with van der Waals surface area (Å²) in [6.45, 7) is 6.54. The highest BCUT2D eigenvalue weighted by molar-refractivity contribution is 7.89. The summed E-state index contributed by atoms with van der Waals surface area (Å²) in [5.41, 5.74) is -0.287. The summed E-state index contributed by atoms with van der Waals surface area (Å²) < 4.78 is 45.7. The molecule has 0 saturated heterocycles. The van der Waals surface area contributed by atoms with Crippen LogP contribution in [-0.2, 0) is 21.3 Å². The fraction of sp³-hybridized carbons (Fsp3) is 0.571. The van der Waals surface area contributed by atoms with E-state index in [1.54, 1.807) is 13.8 Å². The number of rotatable bonds is 8. The van der Waals surface area contributed by atoms with Gasteiger partial charge >= 0.3 is 0 Å². The van der Waals surface area contributed by atoms with E-state index in [9.17, 15) is 12.8 Å². The largest absolute Gasteiger partial charge is 0.377 e. The van der Waals surface area contributed by atoms with Crippen molar-refractivity contribution in [3.05, 3.63) is 29.6 Å². The van der Waals surface area contributed by atoms with E-state index in [0.717, 1.165) is 0 Å². The van der Waals surface area contributed by atoms with Gasteiger partial charge in [0.25, 0.3) is 0 Å².